The van der Waals surface area contributed by atoms with Crippen LogP contribution in [0.25, 0.3) is 0 Å². The van der Waals surface area contributed by atoms with Crippen molar-refractivity contribution >= 4 is 5.91 Å². The van der Waals surface area contributed by atoms with E-state index in [0.717, 1.165) is 24.9 Å². The molecule has 5 heteroatoms. The zero-order valence-electron chi connectivity index (χ0n) is 13.3. The molecular formula is C19H20F2N2O. The number of carbonyl (C=O) groups is 1. The molecule has 1 aliphatic heterocycles. The second-order valence-electron chi connectivity index (χ2n) is 6.05. The highest BCUT2D eigenvalue weighted by Gasteiger charge is 2.27. The summed E-state index contributed by atoms with van der Waals surface area (Å²) in [4.78, 5) is 14.3. The highest BCUT2D eigenvalue weighted by atomic mass is 19.1. The van der Waals surface area contributed by atoms with Crippen LogP contribution in [0.2, 0.25) is 0 Å². The third kappa shape index (κ3) is 3.97. The quantitative estimate of drug-likeness (QED) is 0.911. The highest BCUT2D eigenvalue weighted by molar-refractivity contribution is 5.78. The van der Waals surface area contributed by atoms with E-state index in [2.05, 4.69) is 10.2 Å². The largest absolute Gasteiger partial charge is 0.351 e. The van der Waals surface area contributed by atoms with Crippen molar-refractivity contribution in [2.75, 3.05) is 13.1 Å². The Hall–Kier alpha value is -2.27. The zero-order chi connectivity index (χ0) is 16.9. The molecule has 3 rings (SSSR count). The average molecular weight is 330 g/mol. The minimum Gasteiger partial charge on any atom is -0.351 e. The number of hydrogen-bond acceptors (Lipinski definition) is 2. The number of nitrogens with zero attached hydrogens (tertiary/aromatic N) is 1. The molecule has 1 aliphatic rings. The van der Waals surface area contributed by atoms with Crippen molar-refractivity contribution in [3.05, 3.63) is 71.3 Å². The van der Waals surface area contributed by atoms with E-state index in [1.54, 1.807) is 30.3 Å². The van der Waals surface area contributed by atoms with Crippen LogP contribution in [0.3, 0.4) is 0 Å². The fourth-order valence-corrected chi connectivity index (χ4v) is 3.15. The standard InChI is InChI=1S/C19H20F2N2O/c20-16-9-7-14(8-10-16)18-6-3-11-23(18)13-19(24)22-12-15-4-1-2-5-17(15)21/h1-2,4-5,7-10,18H,3,6,11-13H2,(H,22,24). The predicted octanol–water partition coefficient (Wildman–Crippen LogP) is 3.42. The molecule has 1 fully saturated rings. The lowest BCUT2D eigenvalue weighted by Crippen LogP contribution is -2.36. The number of benzene rings is 2. The maximum atomic E-state index is 13.6. The summed E-state index contributed by atoms with van der Waals surface area (Å²) in [5, 5.41) is 2.77. The van der Waals surface area contributed by atoms with Gasteiger partial charge in [0, 0.05) is 18.2 Å². The summed E-state index contributed by atoms with van der Waals surface area (Å²) in [5.41, 5.74) is 1.50. The minimum atomic E-state index is -0.317. The van der Waals surface area contributed by atoms with Crippen molar-refractivity contribution in [2.45, 2.75) is 25.4 Å². The lowest BCUT2D eigenvalue weighted by Gasteiger charge is -2.24. The van der Waals surface area contributed by atoms with Crippen LogP contribution in [0.15, 0.2) is 48.5 Å². The minimum absolute atomic E-state index is 0.129. The van der Waals surface area contributed by atoms with Crippen molar-refractivity contribution in [1.82, 2.24) is 10.2 Å². The van der Waals surface area contributed by atoms with Gasteiger partial charge >= 0.3 is 0 Å². The maximum Gasteiger partial charge on any atom is 0.234 e. The van der Waals surface area contributed by atoms with E-state index in [0.29, 0.717) is 5.56 Å². The third-order valence-corrected chi connectivity index (χ3v) is 4.40. The van der Waals surface area contributed by atoms with Crippen molar-refractivity contribution in [3.63, 3.8) is 0 Å². The molecule has 1 unspecified atom stereocenters. The number of halogens is 2. The third-order valence-electron chi connectivity index (χ3n) is 4.40. The summed E-state index contributed by atoms with van der Waals surface area (Å²) in [7, 11) is 0. The zero-order valence-corrected chi connectivity index (χ0v) is 13.3. The molecule has 1 N–H and O–H groups in total. The van der Waals surface area contributed by atoms with E-state index < -0.39 is 0 Å². The molecule has 1 saturated heterocycles. The molecule has 0 spiro atoms. The van der Waals surface area contributed by atoms with Crippen LogP contribution in [0.1, 0.15) is 30.0 Å². The molecule has 3 nitrogen and oxygen atoms in total. The summed E-state index contributed by atoms with van der Waals surface area (Å²) in [6, 6.07) is 13.0. The van der Waals surface area contributed by atoms with E-state index in [1.165, 1.54) is 18.2 Å². The molecule has 24 heavy (non-hydrogen) atoms. The number of hydrogen-bond donors (Lipinski definition) is 1. The topological polar surface area (TPSA) is 32.3 Å². The molecule has 1 amide bonds. The van der Waals surface area contributed by atoms with Crippen LogP contribution in [0, 0.1) is 11.6 Å². The molecule has 0 aromatic heterocycles. The van der Waals surface area contributed by atoms with Gasteiger partial charge in [-0.15, -0.1) is 0 Å². The van der Waals surface area contributed by atoms with Gasteiger partial charge in [-0.3, -0.25) is 9.69 Å². The lowest BCUT2D eigenvalue weighted by molar-refractivity contribution is -0.122. The van der Waals surface area contributed by atoms with Gasteiger partial charge in [-0.2, -0.15) is 0 Å². The molecule has 1 heterocycles. The fraction of sp³-hybridized carbons (Fsp3) is 0.316. The second kappa shape index (κ2) is 7.53. The van der Waals surface area contributed by atoms with E-state index in [-0.39, 0.29) is 36.7 Å². The molecule has 0 bridgehead atoms. The number of rotatable bonds is 5. The Balaban J connectivity index is 1.57. The van der Waals surface area contributed by atoms with Crippen molar-refractivity contribution in [1.29, 1.82) is 0 Å². The van der Waals surface area contributed by atoms with Crippen molar-refractivity contribution in [3.8, 4) is 0 Å². The monoisotopic (exact) mass is 330 g/mol. The van der Waals surface area contributed by atoms with Gasteiger partial charge in [-0.1, -0.05) is 30.3 Å². The Morgan fingerprint density at radius 2 is 1.88 bits per heavy atom. The van der Waals surface area contributed by atoms with E-state index in [1.807, 2.05) is 0 Å². The van der Waals surface area contributed by atoms with Crippen LogP contribution >= 0.6 is 0 Å². The van der Waals surface area contributed by atoms with Gasteiger partial charge in [0.05, 0.1) is 6.54 Å². The Kier molecular flexibility index (Phi) is 5.20. The van der Waals surface area contributed by atoms with Crippen LogP contribution in [0.4, 0.5) is 8.78 Å². The van der Waals surface area contributed by atoms with Crippen LogP contribution in [-0.4, -0.2) is 23.9 Å². The molecule has 0 saturated carbocycles. The summed E-state index contributed by atoms with van der Waals surface area (Å²) >= 11 is 0. The first kappa shape index (κ1) is 16.6. The molecule has 126 valence electrons. The number of amides is 1. The Morgan fingerprint density at radius 3 is 2.62 bits per heavy atom. The van der Waals surface area contributed by atoms with Gasteiger partial charge < -0.3 is 5.32 Å². The lowest BCUT2D eigenvalue weighted by atomic mass is 10.0. The van der Waals surface area contributed by atoms with E-state index in [9.17, 15) is 13.6 Å². The number of carbonyl (C=O) groups excluding carboxylic acids is 1. The SMILES string of the molecule is O=C(CN1CCCC1c1ccc(F)cc1)NCc1ccccc1F. The highest BCUT2D eigenvalue weighted by Crippen LogP contribution is 2.31. The summed E-state index contributed by atoms with van der Waals surface area (Å²) < 4.78 is 26.6. The molecular weight excluding hydrogens is 310 g/mol. The summed E-state index contributed by atoms with van der Waals surface area (Å²) in [6.07, 6.45) is 1.95. The molecule has 1 atom stereocenters. The molecule has 0 aliphatic carbocycles. The second-order valence-corrected chi connectivity index (χ2v) is 6.05. The Morgan fingerprint density at radius 1 is 1.12 bits per heavy atom. The van der Waals surface area contributed by atoms with Gasteiger partial charge in [-0.25, -0.2) is 8.78 Å². The summed E-state index contributed by atoms with van der Waals surface area (Å²) in [5.74, 6) is -0.707. The Bertz CT molecular complexity index is 703. The normalized spacial score (nSPS) is 17.8. The molecule has 0 radical (unpaired) electrons. The van der Waals surface area contributed by atoms with Gasteiger partial charge in [0.2, 0.25) is 5.91 Å². The number of likely N-dealkylation sites (tertiary alicyclic amines) is 1. The average Bonchev–Trinajstić information content (AvgIpc) is 3.03. The maximum absolute atomic E-state index is 13.6. The Labute approximate surface area is 140 Å². The van der Waals surface area contributed by atoms with E-state index >= 15 is 0 Å². The number of nitrogens with one attached hydrogen (secondary N) is 1. The molecule has 2 aromatic rings. The molecule has 2 aromatic carbocycles. The van der Waals surface area contributed by atoms with Crippen LogP contribution < -0.4 is 5.32 Å². The fourth-order valence-electron chi connectivity index (χ4n) is 3.15. The van der Waals surface area contributed by atoms with Gasteiger partial charge in [0.25, 0.3) is 0 Å². The van der Waals surface area contributed by atoms with Gasteiger partial charge in [0.1, 0.15) is 11.6 Å². The van der Waals surface area contributed by atoms with Crippen molar-refractivity contribution < 1.29 is 13.6 Å². The van der Waals surface area contributed by atoms with Crippen molar-refractivity contribution in [2.24, 2.45) is 0 Å². The van der Waals surface area contributed by atoms with Gasteiger partial charge in [-0.05, 0) is 43.1 Å². The van der Waals surface area contributed by atoms with Gasteiger partial charge in [0.15, 0.2) is 0 Å². The summed E-state index contributed by atoms with van der Waals surface area (Å²) in [6.45, 7) is 1.27. The first-order valence-electron chi connectivity index (χ1n) is 8.13. The van der Waals surface area contributed by atoms with Crippen LogP contribution in [0.5, 0.6) is 0 Å². The predicted molar refractivity (Wildman–Crippen MR) is 88.2 cm³/mol. The first-order chi connectivity index (χ1) is 11.6. The smallest absolute Gasteiger partial charge is 0.234 e. The first-order valence-corrected chi connectivity index (χ1v) is 8.13. The van der Waals surface area contributed by atoms with E-state index in [4.69, 9.17) is 0 Å². The van der Waals surface area contributed by atoms with Crippen LogP contribution in [-0.2, 0) is 11.3 Å².